The molecule has 0 aliphatic carbocycles. The number of sulfonamides is 1. The van der Waals surface area contributed by atoms with Crippen LogP contribution in [0.5, 0.6) is 5.75 Å². The average Bonchev–Trinajstić information content (AvgIpc) is 2.27. The number of carboxylic acid groups (broad SMARTS) is 1. The van der Waals surface area contributed by atoms with Crippen molar-refractivity contribution in [3.05, 3.63) is 17.7 Å². The lowest BCUT2D eigenvalue weighted by molar-refractivity contribution is 0.0693. The van der Waals surface area contributed by atoms with Gasteiger partial charge in [0.2, 0.25) is 10.0 Å². The molecule has 1 aromatic carbocycles. The zero-order valence-corrected chi connectivity index (χ0v) is 10.0. The first-order valence-electron chi connectivity index (χ1n) is 4.48. The topological polar surface area (TPSA) is 119 Å². The monoisotopic (exact) mass is 260 g/mol. The second-order valence-corrected chi connectivity index (χ2v) is 4.90. The Morgan fingerprint density at radius 1 is 1.47 bits per heavy atom. The number of benzene rings is 1. The fourth-order valence-electron chi connectivity index (χ4n) is 1.33. The highest BCUT2D eigenvalue weighted by Gasteiger charge is 2.26. The van der Waals surface area contributed by atoms with Crippen molar-refractivity contribution in [1.29, 1.82) is 0 Å². The molecule has 0 radical (unpaired) electrons. The van der Waals surface area contributed by atoms with Crippen molar-refractivity contribution in [2.24, 2.45) is 0 Å². The van der Waals surface area contributed by atoms with E-state index in [9.17, 15) is 13.2 Å². The Hall–Kier alpha value is -1.80. The van der Waals surface area contributed by atoms with Gasteiger partial charge in [0.05, 0.1) is 12.8 Å². The van der Waals surface area contributed by atoms with Crippen LogP contribution in [0.1, 0.15) is 10.4 Å². The molecule has 0 unspecified atom stereocenters. The Bertz CT molecular complexity index is 553. The fourth-order valence-corrected chi connectivity index (χ4v) is 2.35. The third-order valence-corrected chi connectivity index (χ3v) is 3.61. The molecule has 0 heterocycles. The normalized spacial score (nSPS) is 11.2. The number of nitrogens with two attached hydrogens (primary N) is 1. The minimum absolute atomic E-state index is 0.0822. The van der Waals surface area contributed by atoms with Crippen LogP contribution in [0.4, 0.5) is 5.69 Å². The first-order valence-corrected chi connectivity index (χ1v) is 5.96. The highest BCUT2D eigenvalue weighted by molar-refractivity contribution is 7.89. The van der Waals surface area contributed by atoms with E-state index in [1.165, 1.54) is 26.3 Å². The molecular weight excluding hydrogens is 248 g/mol. The van der Waals surface area contributed by atoms with Crippen molar-refractivity contribution in [3.8, 4) is 5.75 Å². The molecule has 0 aromatic heterocycles. The maximum atomic E-state index is 11.7. The van der Waals surface area contributed by atoms with Gasteiger partial charge in [-0.1, -0.05) is 0 Å². The number of nitrogens with one attached hydrogen (secondary N) is 1. The van der Waals surface area contributed by atoms with Crippen molar-refractivity contribution in [2.45, 2.75) is 4.90 Å². The maximum Gasteiger partial charge on any atom is 0.339 e. The lowest BCUT2D eigenvalue weighted by Gasteiger charge is -2.13. The number of hydrogen-bond donors (Lipinski definition) is 3. The van der Waals surface area contributed by atoms with E-state index in [1.54, 1.807) is 0 Å². The lowest BCUT2D eigenvalue weighted by atomic mass is 10.2. The van der Waals surface area contributed by atoms with E-state index < -0.39 is 16.0 Å². The number of anilines is 1. The van der Waals surface area contributed by atoms with Gasteiger partial charge < -0.3 is 15.6 Å². The van der Waals surface area contributed by atoms with E-state index in [1.807, 2.05) is 0 Å². The molecule has 0 spiro atoms. The quantitative estimate of drug-likeness (QED) is 0.649. The van der Waals surface area contributed by atoms with Gasteiger partial charge in [-0.2, -0.15) is 0 Å². The summed E-state index contributed by atoms with van der Waals surface area (Å²) >= 11 is 0. The molecule has 0 aliphatic rings. The molecule has 1 rings (SSSR count). The van der Waals surface area contributed by atoms with Crippen molar-refractivity contribution in [2.75, 3.05) is 19.9 Å². The molecule has 8 heteroatoms. The molecule has 94 valence electrons. The number of methoxy groups -OCH3 is 1. The van der Waals surface area contributed by atoms with Gasteiger partial charge >= 0.3 is 5.97 Å². The van der Waals surface area contributed by atoms with Crippen LogP contribution in [0, 0.1) is 0 Å². The third kappa shape index (κ3) is 2.32. The third-order valence-electron chi connectivity index (χ3n) is 2.11. The Labute approximate surface area is 98.2 Å². The second-order valence-electron chi connectivity index (χ2n) is 3.08. The standard InChI is InChI=1S/C9H12N2O5S/c1-11-17(14,15)8-6(10)4-3-5(9(12)13)7(8)16-2/h3-4,11H,10H2,1-2H3,(H,12,13). The number of carboxylic acids is 1. The van der Waals surface area contributed by atoms with Crippen LogP contribution >= 0.6 is 0 Å². The summed E-state index contributed by atoms with van der Waals surface area (Å²) in [5.41, 5.74) is 5.19. The van der Waals surface area contributed by atoms with Gasteiger partial charge in [0.25, 0.3) is 0 Å². The van der Waals surface area contributed by atoms with Crippen LogP contribution in [-0.2, 0) is 10.0 Å². The minimum atomic E-state index is -3.89. The van der Waals surface area contributed by atoms with Crippen LogP contribution in [0.25, 0.3) is 0 Å². The average molecular weight is 260 g/mol. The molecule has 0 amide bonds. The molecule has 0 atom stereocenters. The maximum absolute atomic E-state index is 11.7. The molecule has 1 aromatic rings. The molecule has 0 bridgehead atoms. The predicted octanol–water partition coefficient (Wildman–Crippen LogP) is -0.116. The Morgan fingerprint density at radius 3 is 2.47 bits per heavy atom. The molecule has 0 saturated carbocycles. The van der Waals surface area contributed by atoms with Crippen LogP contribution in [0.3, 0.4) is 0 Å². The van der Waals surface area contributed by atoms with E-state index in [2.05, 4.69) is 4.72 Å². The molecule has 7 nitrogen and oxygen atoms in total. The summed E-state index contributed by atoms with van der Waals surface area (Å²) in [5, 5.41) is 8.91. The predicted molar refractivity (Wildman–Crippen MR) is 60.6 cm³/mol. The first kappa shape index (κ1) is 13.3. The number of aromatic carboxylic acids is 1. The number of carbonyl (C=O) groups is 1. The molecule has 4 N–H and O–H groups in total. The zero-order chi connectivity index (χ0) is 13.2. The highest BCUT2D eigenvalue weighted by atomic mass is 32.2. The SMILES string of the molecule is CNS(=O)(=O)c1c(N)ccc(C(=O)O)c1OC. The largest absolute Gasteiger partial charge is 0.494 e. The van der Waals surface area contributed by atoms with E-state index >= 15 is 0 Å². The zero-order valence-electron chi connectivity index (χ0n) is 9.22. The Morgan fingerprint density at radius 2 is 2.06 bits per heavy atom. The molecule has 17 heavy (non-hydrogen) atoms. The van der Waals surface area contributed by atoms with E-state index in [4.69, 9.17) is 15.6 Å². The van der Waals surface area contributed by atoms with Gasteiger partial charge in [-0.3, -0.25) is 0 Å². The van der Waals surface area contributed by atoms with Crippen molar-refractivity contribution >= 4 is 21.7 Å². The van der Waals surface area contributed by atoms with Gasteiger partial charge in [-0.15, -0.1) is 0 Å². The smallest absolute Gasteiger partial charge is 0.339 e. The van der Waals surface area contributed by atoms with Crippen LogP contribution < -0.4 is 15.2 Å². The summed E-state index contributed by atoms with van der Waals surface area (Å²) in [4.78, 5) is 10.6. The molecule has 0 saturated heterocycles. The minimum Gasteiger partial charge on any atom is -0.494 e. The molecule has 0 aliphatic heterocycles. The highest BCUT2D eigenvalue weighted by Crippen LogP contribution is 2.32. The fraction of sp³-hybridized carbons (Fsp3) is 0.222. The van der Waals surface area contributed by atoms with E-state index in [0.717, 1.165) is 0 Å². The van der Waals surface area contributed by atoms with Crippen molar-refractivity contribution in [1.82, 2.24) is 4.72 Å². The van der Waals surface area contributed by atoms with E-state index in [-0.39, 0.29) is 21.9 Å². The lowest BCUT2D eigenvalue weighted by Crippen LogP contribution is -2.21. The summed E-state index contributed by atoms with van der Waals surface area (Å²) in [5.74, 6) is -1.58. The first-order chi connectivity index (χ1) is 7.85. The van der Waals surface area contributed by atoms with E-state index in [0.29, 0.717) is 0 Å². The summed E-state index contributed by atoms with van der Waals surface area (Å²) in [6.07, 6.45) is 0. The Kier molecular flexibility index (Phi) is 3.59. The van der Waals surface area contributed by atoms with Gasteiger partial charge in [-0.05, 0) is 19.2 Å². The number of hydrogen-bond acceptors (Lipinski definition) is 5. The second kappa shape index (κ2) is 4.60. The summed E-state index contributed by atoms with van der Waals surface area (Å²) in [6, 6.07) is 2.39. The van der Waals surface area contributed by atoms with Gasteiger partial charge in [-0.25, -0.2) is 17.9 Å². The summed E-state index contributed by atoms with van der Waals surface area (Å²) in [6.45, 7) is 0. The summed E-state index contributed by atoms with van der Waals surface area (Å²) in [7, 11) is -1.52. The summed E-state index contributed by atoms with van der Waals surface area (Å²) < 4.78 is 30.3. The van der Waals surface area contributed by atoms with Gasteiger partial charge in [0.15, 0.2) is 5.75 Å². The number of nitrogen functional groups attached to an aromatic ring is 1. The molecule has 0 fully saturated rings. The van der Waals surface area contributed by atoms with Crippen LogP contribution in [0.2, 0.25) is 0 Å². The van der Waals surface area contributed by atoms with Gasteiger partial charge in [0.1, 0.15) is 10.5 Å². The van der Waals surface area contributed by atoms with Crippen molar-refractivity contribution in [3.63, 3.8) is 0 Å². The molecular formula is C9H12N2O5S. The number of ether oxygens (including phenoxy) is 1. The van der Waals surface area contributed by atoms with Crippen LogP contribution in [0.15, 0.2) is 17.0 Å². The van der Waals surface area contributed by atoms with Gasteiger partial charge in [0, 0.05) is 0 Å². The number of rotatable bonds is 4. The Balaban J connectivity index is 3.70. The van der Waals surface area contributed by atoms with Crippen LogP contribution in [-0.4, -0.2) is 33.7 Å². The van der Waals surface area contributed by atoms with Crippen molar-refractivity contribution < 1.29 is 23.1 Å².